The van der Waals surface area contributed by atoms with Crippen molar-refractivity contribution in [1.29, 1.82) is 0 Å². The zero-order valence-corrected chi connectivity index (χ0v) is 23.8. The highest BCUT2D eigenvalue weighted by Crippen LogP contribution is 2.41. The Bertz CT molecular complexity index is 2160. The summed E-state index contributed by atoms with van der Waals surface area (Å²) in [4.78, 5) is 13.3. The van der Waals surface area contributed by atoms with Gasteiger partial charge in [0.2, 0.25) is 0 Å². The molecule has 3 aliphatic heterocycles. The number of aromatic nitrogens is 1. The molecule has 4 heteroatoms. The van der Waals surface area contributed by atoms with Crippen molar-refractivity contribution >= 4 is 40.0 Å². The van der Waals surface area contributed by atoms with Crippen molar-refractivity contribution in [2.45, 2.75) is 13.8 Å². The number of hydrogen-bond acceptors (Lipinski definition) is 4. The van der Waals surface area contributed by atoms with E-state index < -0.39 is 0 Å². The maximum atomic E-state index is 4.43. The molecule has 0 N–H and O–H groups in total. The average molecular weight is 551 g/mol. The molecule has 0 fully saturated rings. The number of hydrogen-bond donors (Lipinski definition) is 0. The third-order valence-electron chi connectivity index (χ3n) is 8.19. The van der Waals surface area contributed by atoms with Crippen molar-refractivity contribution in [3.8, 4) is 0 Å². The summed E-state index contributed by atoms with van der Waals surface area (Å²) in [6.45, 7) is 4.33. The van der Waals surface area contributed by atoms with Gasteiger partial charge in [0.1, 0.15) is 0 Å². The summed E-state index contributed by atoms with van der Waals surface area (Å²) in [6, 6.07) is 17.2. The van der Waals surface area contributed by atoms with E-state index in [9.17, 15) is 0 Å². The molecule has 0 atom stereocenters. The monoisotopic (exact) mass is 550 g/mol. The van der Waals surface area contributed by atoms with Crippen molar-refractivity contribution in [3.63, 3.8) is 0 Å². The first-order valence-corrected chi connectivity index (χ1v) is 14.3. The van der Waals surface area contributed by atoms with Crippen LogP contribution in [0.5, 0.6) is 0 Å². The van der Waals surface area contributed by atoms with Crippen LogP contribution in [-0.2, 0) is 0 Å². The minimum atomic E-state index is 0.950. The number of aryl methyl sites for hydroxylation is 1. The van der Waals surface area contributed by atoms with Crippen molar-refractivity contribution in [2.24, 2.45) is 4.99 Å². The van der Waals surface area contributed by atoms with Gasteiger partial charge in [-0.15, -0.1) is 0 Å². The first kappa shape index (κ1) is 24.9. The second-order valence-corrected chi connectivity index (χ2v) is 10.8. The van der Waals surface area contributed by atoms with Crippen LogP contribution in [0.15, 0.2) is 161 Å². The zero-order valence-electron chi connectivity index (χ0n) is 23.8. The highest BCUT2D eigenvalue weighted by atomic mass is 15.2. The van der Waals surface area contributed by atoms with Crippen molar-refractivity contribution in [3.05, 3.63) is 178 Å². The van der Waals surface area contributed by atoms with Gasteiger partial charge in [-0.2, -0.15) is 0 Å². The van der Waals surface area contributed by atoms with E-state index >= 15 is 0 Å². The van der Waals surface area contributed by atoms with Crippen LogP contribution >= 0.6 is 0 Å². The Morgan fingerprint density at radius 3 is 2.47 bits per heavy atom. The normalized spacial score (nSPS) is 17.3. The topological polar surface area (TPSA) is 31.7 Å². The molecule has 4 bridgehead atoms. The minimum absolute atomic E-state index is 0.950. The molecule has 0 unspecified atom stereocenters. The second-order valence-electron chi connectivity index (χ2n) is 10.8. The molecule has 43 heavy (non-hydrogen) atoms. The van der Waals surface area contributed by atoms with Crippen molar-refractivity contribution in [2.75, 3.05) is 9.80 Å². The number of nitrogens with zero attached hydrogens (tertiary/aromatic N) is 4. The maximum Gasteiger partial charge on any atom is 0.0912 e. The number of aliphatic imine (C=N–C) groups is 1. The third-order valence-corrected chi connectivity index (χ3v) is 8.19. The first-order chi connectivity index (χ1) is 21.2. The summed E-state index contributed by atoms with van der Waals surface area (Å²) < 4.78 is 0. The molecule has 0 saturated carbocycles. The van der Waals surface area contributed by atoms with Crippen LogP contribution in [0.4, 0.5) is 17.1 Å². The Hall–Kier alpha value is -5.88. The van der Waals surface area contributed by atoms with Gasteiger partial charge in [0.05, 0.1) is 28.5 Å². The van der Waals surface area contributed by atoms with Gasteiger partial charge in [-0.1, -0.05) is 59.7 Å². The summed E-state index contributed by atoms with van der Waals surface area (Å²) in [7, 11) is 0. The number of pyridine rings is 1. The molecule has 0 saturated heterocycles. The quantitative estimate of drug-likeness (QED) is 0.305. The van der Waals surface area contributed by atoms with Crippen LogP contribution in [0, 0.1) is 6.92 Å². The molecule has 5 aliphatic rings. The van der Waals surface area contributed by atoms with Crippen LogP contribution < -0.4 is 9.80 Å². The molecule has 0 amide bonds. The van der Waals surface area contributed by atoms with E-state index in [0.29, 0.717) is 0 Å². The highest BCUT2D eigenvalue weighted by molar-refractivity contribution is 6.14. The molecular formula is C39H26N4. The molecule has 1 aromatic heterocycles. The Kier molecular flexibility index (Phi) is 5.72. The summed E-state index contributed by atoms with van der Waals surface area (Å²) >= 11 is 0. The highest BCUT2D eigenvalue weighted by Gasteiger charge is 2.25. The van der Waals surface area contributed by atoms with Gasteiger partial charge in [-0.3, -0.25) is 14.9 Å². The van der Waals surface area contributed by atoms with Crippen molar-refractivity contribution < 1.29 is 0 Å². The summed E-state index contributed by atoms with van der Waals surface area (Å²) in [6.07, 6.45) is 24.2. The van der Waals surface area contributed by atoms with Crippen LogP contribution in [-0.4, -0.2) is 11.2 Å². The molecule has 3 aromatic rings. The Morgan fingerprint density at radius 2 is 1.53 bits per heavy atom. The van der Waals surface area contributed by atoms with Gasteiger partial charge in [-0.25, -0.2) is 0 Å². The summed E-state index contributed by atoms with van der Waals surface area (Å²) in [5.74, 6) is 0. The second kappa shape index (κ2) is 9.89. The molecule has 4 heterocycles. The molecule has 8 rings (SSSR count). The van der Waals surface area contributed by atoms with Crippen LogP contribution in [0.3, 0.4) is 0 Å². The lowest BCUT2D eigenvalue weighted by molar-refractivity contribution is 1.12. The minimum Gasteiger partial charge on any atom is -0.303 e. The molecule has 202 valence electrons. The van der Waals surface area contributed by atoms with Gasteiger partial charge in [0.15, 0.2) is 0 Å². The maximum absolute atomic E-state index is 4.43. The predicted octanol–water partition coefficient (Wildman–Crippen LogP) is 8.90. The standard InChI is InChI=1S/C39H26N4/c1-26-11-12-30(42-31-8-4-3-7-28(22-31)37-25-41-20-18-39(37)42)13-15-34(26)35-16-14-32(21-27(35)2)43-33-17-19-40-24-29(23-33)36-9-5-6-10-38(36)43/h3-11,13-21,24-25H,1-2H3. The summed E-state index contributed by atoms with van der Waals surface area (Å²) in [5.41, 5.74) is 25.8. The van der Waals surface area contributed by atoms with Gasteiger partial charge in [0.25, 0.3) is 0 Å². The third kappa shape index (κ3) is 4.11. The fourth-order valence-electron chi connectivity index (χ4n) is 6.13. The number of rotatable bonds is 3. The number of anilines is 3. The summed E-state index contributed by atoms with van der Waals surface area (Å²) in [5, 5.41) is 0. The molecule has 0 radical (unpaired) electrons. The van der Waals surface area contributed by atoms with Crippen LogP contribution in [0.1, 0.15) is 29.2 Å². The fraction of sp³-hybridized carbons (Fsp3) is 0.0513. The van der Waals surface area contributed by atoms with Gasteiger partial charge < -0.3 is 4.90 Å². The number of allylic oxidation sites excluding steroid dienone is 9. The van der Waals surface area contributed by atoms with E-state index in [1.54, 1.807) is 0 Å². The lowest BCUT2D eigenvalue weighted by Gasteiger charge is -2.30. The van der Waals surface area contributed by atoms with E-state index in [0.717, 1.165) is 62.0 Å². The number of para-hydroxylation sites is 1. The first-order valence-electron chi connectivity index (χ1n) is 14.3. The van der Waals surface area contributed by atoms with Crippen molar-refractivity contribution in [1.82, 2.24) is 4.98 Å². The Balaban J connectivity index is 1.16. The SMILES string of the molecule is CC1=C(c2ccc(N3C4=C=C(C=NC=C4)c4ccccc43)cc2C)C=CC(N2C3=C=C(C=CC=C3)c3cnccc32)=C=C1. The largest absolute Gasteiger partial charge is 0.303 e. The number of benzene rings is 2. The molecule has 2 aliphatic carbocycles. The molecule has 0 spiro atoms. The molecule has 2 aromatic carbocycles. The lowest BCUT2D eigenvalue weighted by atomic mass is 9.94. The van der Waals surface area contributed by atoms with E-state index in [1.807, 2.05) is 37.0 Å². The van der Waals surface area contributed by atoms with Crippen LogP contribution in [0.2, 0.25) is 0 Å². The Morgan fingerprint density at radius 1 is 0.698 bits per heavy atom. The van der Waals surface area contributed by atoms with Gasteiger partial charge >= 0.3 is 0 Å². The number of fused-ring (bicyclic) bond motifs is 4. The lowest BCUT2D eigenvalue weighted by Crippen LogP contribution is -2.22. The predicted molar refractivity (Wildman–Crippen MR) is 177 cm³/mol. The zero-order chi connectivity index (χ0) is 28.9. The fourth-order valence-corrected chi connectivity index (χ4v) is 6.13. The van der Waals surface area contributed by atoms with Gasteiger partial charge in [-0.05, 0) is 90.8 Å². The van der Waals surface area contributed by atoms with E-state index in [-0.39, 0.29) is 0 Å². The van der Waals surface area contributed by atoms with Crippen LogP contribution in [0.25, 0.3) is 16.7 Å². The molecule has 4 nitrogen and oxygen atoms in total. The van der Waals surface area contributed by atoms with Gasteiger partial charge in [0, 0.05) is 52.8 Å². The molecular weight excluding hydrogens is 524 g/mol. The smallest absolute Gasteiger partial charge is 0.0912 e. The van der Waals surface area contributed by atoms with E-state index in [2.05, 4.69) is 136 Å². The van der Waals surface area contributed by atoms with E-state index in [4.69, 9.17) is 0 Å². The Labute approximate surface area is 251 Å². The average Bonchev–Trinajstić information content (AvgIpc) is 3.46. The van der Waals surface area contributed by atoms with E-state index in [1.165, 1.54) is 16.7 Å².